The number of fused-ring (bicyclic) bond motifs is 3. The number of rotatable bonds is 9. The van der Waals surface area contributed by atoms with Crippen LogP contribution in [0.25, 0.3) is 43.8 Å². The quantitative estimate of drug-likeness (QED) is 0.0985. The van der Waals surface area contributed by atoms with Crippen LogP contribution < -0.4 is 20.5 Å². The molecule has 5 heterocycles. The Morgan fingerprint density at radius 3 is 2.68 bits per heavy atom. The van der Waals surface area contributed by atoms with Gasteiger partial charge in [-0.3, -0.25) is 5.10 Å². The van der Waals surface area contributed by atoms with Crippen molar-refractivity contribution in [3.8, 4) is 45.4 Å². The van der Waals surface area contributed by atoms with Gasteiger partial charge in [0.15, 0.2) is 38.0 Å². The number of ether oxygens (including phenoxy) is 2. The van der Waals surface area contributed by atoms with Crippen LogP contribution in [0, 0.1) is 6.92 Å². The van der Waals surface area contributed by atoms with Crippen LogP contribution in [0.3, 0.4) is 0 Å². The number of aromatic hydroxyl groups is 2. The number of aromatic nitrogens is 7. The van der Waals surface area contributed by atoms with Crippen LogP contribution in [0.15, 0.2) is 64.4 Å². The zero-order valence-electron chi connectivity index (χ0n) is 28.9. The van der Waals surface area contributed by atoms with Crippen LogP contribution in [-0.2, 0) is 13.0 Å². The summed E-state index contributed by atoms with van der Waals surface area (Å²) in [5.74, 6) is 1.89. The molecule has 2 aliphatic rings. The van der Waals surface area contributed by atoms with Crippen molar-refractivity contribution < 1.29 is 19.7 Å². The van der Waals surface area contributed by atoms with Crippen LogP contribution in [0.5, 0.6) is 23.0 Å². The Labute approximate surface area is 317 Å². The number of halogens is 1. The number of phenolic OH excluding ortho intramolecular Hbond substituents is 2. The molecule has 53 heavy (non-hydrogen) atoms. The summed E-state index contributed by atoms with van der Waals surface area (Å²) in [4.78, 5) is 17.9. The topological polar surface area (TPSA) is 182 Å². The molecule has 0 unspecified atom stereocenters. The normalized spacial score (nSPS) is 13.7. The standard InChI is InChI=1S/C20H20N2O4.C17H16ClN7S2/c1-3-12-8-14(16(24)10-15(12)23)20-19(11(2)21-22-20)13-4-5-17-18(9-13)26-7-6-25-17;18-10-2-1-3-11-13(10)26-17(23-11)27-16-24-12-14(19)21-8-22-15(12)25(16)7-6-20-9-4-5-9/h4-5,8-10,23-24H,3,6-7H2,1-2H3,(H,21,22);1-3,8-9,20H,4-7H2,(H2,19,21,22). The average molecular weight is 770 g/mol. The summed E-state index contributed by atoms with van der Waals surface area (Å²) in [5, 5.41) is 32.8. The molecule has 0 saturated heterocycles. The minimum Gasteiger partial charge on any atom is -0.508 e. The maximum atomic E-state index is 10.4. The summed E-state index contributed by atoms with van der Waals surface area (Å²) in [5.41, 5.74) is 12.9. The van der Waals surface area contributed by atoms with Crippen molar-refractivity contribution in [1.82, 2.24) is 40.0 Å². The van der Waals surface area contributed by atoms with Gasteiger partial charge in [0.05, 0.1) is 15.2 Å². The lowest BCUT2D eigenvalue weighted by atomic mass is 9.96. The third kappa shape index (κ3) is 7.17. The van der Waals surface area contributed by atoms with E-state index in [1.54, 1.807) is 17.4 Å². The predicted octanol–water partition coefficient (Wildman–Crippen LogP) is 7.37. The number of nitrogens with zero attached hydrogens (tertiary/aromatic N) is 6. The molecule has 16 heteroatoms. The first-order valence-electron chi connectivity index (χ1n) is 17.2. The monoisotopic (exact) mass is 769 g/mol. The molecule has 1 aliphatic carbocycles. The summed E-state index contributed by atoms with van der Waals surface area (Å²) in [7, 11) is 0. The molecule has 9 rings (SSSR count). The van der Waals surface area contributed by atoms with Gasteiger partial charge in [0.2, 0.25) is 0 Å². The van der Waals surface area contributed by atoms with Gasteiger partial charge >= 0.3 is 0 Å². The fraction of sp³-hybridized carbons (Fsp3) is 0.270. The molecular formula is C37H36ClN9O4S2. The third-order valence-electron chi connectivity index (χ3n) is 9.01. The van der Waals surface area contributed by atoms with E-state index in [4.69, 9.17) is 31.8 Å². The van der Waals surface area contributed by atoms with E-state index in [-0.39, 0.29) is 11.5 Å². The first kappa shape index (κ1) is 35.0. The first-order chi connectivity index (χ1) is 25.8. The maximum Gasteiger partial charge on any atom is 0.177 e. The molecule has 3 aromatic carbocycles. The number of hydrogen-bond acceptors (Lipinski definition) is 13. The number of aryl methyl sites for hydroxylation is 2. The van der Waals surface area contributed by atoms with Crippen molar-refractivity contribution in [2.24, 2.45) is 0 Å². The predicted molar refractivity (Wildman–Crippen MR) is 207 cm³/mol. The van der Waals surface area contributed by atoms with Gasteiger partial charge in [-0.25, -0.2) is 19.9 Å². The molecule has 0 radical (unpaired) electrons. The fourth-order valence-electron chi connectivity index (χ4n) is 6.17. The van der Waals surface area contributed by atoms with Crippen molar-refractivity contribution in [3.63, 3.8) is 0 Å². The maximum absolute atomic E-state index is 10.4. The number of phenols is 2. The number of nitrogens with one attached hydrogen (secondary N) is 2. The van der Waals surface area contributed by atoms with E-state index in [1.165, 1.54) is 37.0 Å². The van der Waals surface area contributed by atoms with E-state index in [9.17, 15) is 10.2 Å². The second-order valence-electron chi connectivity index (χ2n) is 12.7. The van der Waals surface area contributed by atoms with Gasteiger partial charge in [0.1, 0.15) is 36.7 Å². The lowest BCUT2D eigenvalue weighted by Gasteiger charge is -2.19. The third-order valence-corrected chi connectivity index (χ3v) is 11.6. The summed E-state index contributed by atoms with van der Waals surface area (Å²) >= 11 is 9.36. The van der Waals surface area contributed by atoms with E-state index in [0.29, 0.717) is 59.0 Å². The van der Waals surface area contributed by atoms with Crippen molar-refractivity contribution in [2.75, 3.05) is 25.5 Å². The smallest absolute Gasteiger partial charge is 0.177 e. The van der Waals surface area contributed by atoms with Crippen LogP contribution in [0.1, 0.15) is 31.0 Å². The Kier molecular flexibility index (Phi) is 9.72. The molecule has 13 nitrogen and oxygen atoms in total. The van der Waals surface area contributed by atoms with Crippen LogP contribution in [0.2, 0.25) is 5.02 Å². The molecule has 1 fully saturated rings. The second kappa shape index (κ2) is 14.7. The second-order valence-corrected chi connectivity index (χ2v) is 15.3. The minimum absolute atomic E-state index is 0.00927. The van der Waals surface area contributed by atoms with Crippen LogP contribution >= 0.6 is 34.7 Å². The van der Waals surface area contributed by atoms with Gasteiger partial charge in [-0.1, -0.05) is 30.7 Å². The molecule has 1 aliphatic heterocycles. The van der Waals surface area contributed by atoms with E-state index in [2.05, 4.69) is 35.0 Å². The van der Waals surface area contributed by atoms with Crippen LogP contribution in [0.4, 0.5) is 5.82 Å². The highest BCUT2D eigenvalue weighted by atomic mass is 35.5. The zero-order valence-corrected chi connectivity index (χ0v) is 31.3. The highest BCUT2D eigenvalue weighted by Crippen LogP contribution is 2.43. The van der Waals surface area contributed by atoms with Gasteiger partial charge in [-0.05, 0) is 79.4 Å². The van der Waals surface area contributed by atoms with Gasteiger partial charge in [0, 0.05) is 42.0 Å². The first-order valence-corrected chi connectivity index (χ1v) is 19.2. The van der Waals surface area contributed by atoms with E-state index in [0.717, 1.165) is 66.6 Å². The number of aromatic amines is 1. The molecule has 6 N–H and O–H groups in total. The van der Waals surface area contributed by atoms with Crippen molar-refractivity contribution in [3.05, 3.63) is 71.1 Å². The number of H-pyrrole nitrogens is 1. The van der Waals surface area contributed by atoms with Crippen molar-refractivity contribution in [2.45, 2.75) is 55.2 Å². The molecule has 4 aromatic heterocycles. The van der Waals surface area contributed by atoms with E-state index < -0.39 is 0 Å². The molecular weight excluding hydrogens is 734 g/mol. The Morgan fingerprint density at radius 1 is 1.06 bits per heavy atom. The SMILES string of the molecule is CCc1cc(-c2n[nH]c(C)c2-c2ccc3c(c2)OCCO3)c(O)cc1O.Nc1ncnc2c1nc(Sc1nc3cccc(Cl)c3s1)n2CCNC1CC1. The molecule has 1 saturated carbocycles. The van der Waals surface area contributed by atoms with Crippen molar-refractivity contribution >= 4 is 61.9 Å². The van der Waals surface area contributed by atoms with Crippen molar-refractivity contribution in [1.29, 1.82) is 0 Å². The molecule has 0 amide bonds. The lowest BCUT2D eigenvalue weighted by molar-refractivity contribution is 0.171. The molecule has 0 atom stereocenters. The van der Waals surface area contributed by atoms with Gasteiger partial charge in [-0.2, -0.15) is 5.10 Å². The lowest BCUT2D eigenvalue weighted by Crippen LogP contribution is -2.22. The van der Waals surface area contributed by atoms with Crippen LogP contribution in [-0.4, -0.2) is 70.7 Å². The number of hydrogen-bond donors (Lipinski definition) is 5. The zero-order chi connectivity index (χ0) is 36.6. The number of benzene rings is 3. The Balaban J connectivity index is 0.000000151. The largest absolute Gasteiger partial charge is 0.508 e. The summed E-state index contributed by atoms with van der Waals surface area (Å²) in [6, 6.07) is 15.3. The summed E-state index contributed by atoms with van der Waals surface area (Å²) in [6.45, 7) is 6.57. The summed E-state index contributed by atoms with van der Waals surface area (Å²) in [6.07, 6.45) is 4.65. The van der Waals surface area contributed by atoms with E-state index in [1.807, 2.05) is 50.2 Å². The fourth-order valence-corrected chi connectivity index (χ4v) is 8.52. The van der Waals surface area contributed by atoms with E-state index >= 15 is 0 Å². The minimum atomic E-state index is -0.00927. The average Bonchev–Trinajstić information content (AvgIpc) is 3.60. The molecule has 272 valence electrons. The van der Waals surface area contributed by atoms with Gasteiger partial charge < -0.3 is 35.3 Å². The highest BCUT2D eigenvalue weighted by Gasteiger charge is 2.23. The Morgan fingerprint density at radius 2 is 1.89 bits per heavy atom. The molecule has 7 aromatic rings. The molecule has 0 bridgehead atoms. The Bertz CT molecular complexity index is 2460. The number of imidazole rings is 1. The summed E-state index contributed by atoms with van der Waals surface area (Å²) < 4.78 is 15.2. The van der Waals surface area contributed by atoms with Gasteiger partial charge in [0.25, 0.3) is 0 Å². The number of nitrogens with two attached hydrogens (primary N) is 1. The van der Waals surface area contributed by atoms with Gasteiger partial charge in [-0.15, -0.1) is 11.3 Å². The highest BCUT2D eigenvalue weighted by molar-refractivity contribution is 8.01. The molecule has 0 spiro atoms. The number of anilines is 1. The Hall–Kier alpha value is -5.09. The number of thiazole rings is 1. The number of nitrogen functional groups attached to an aromatic ring is 1.